The minimum atomic E-state index is 0.147. The number of rotatable bonds is 3. The molecule has 0 radical (unpaired) electrons. The number of hydrogen-bond donors (Lipinski definition) is 1. The Morgan fingerprint density at radius 3 is 2.71 bits per heavy atom. The van der Waals surface area contributed by atoms with Gasteiger partial charge in [-0.2, -0.15) is 0 Å². The van der Waals surface area contributed by atoms with E-state index in [9.17, 15) is 4.79 Å². The van der Waals surface area contributed by atoms with Crippen molar-refractivity contribution in [3.63, 3.8) is 0 Å². The lowest BCUT2D eigenvalue weighted by molar-refractivity contribution is -0.136. The van der Waals surface area contributed by atoms with E-state index in [1.54, 1.807) is 0 Å². The molecule has 5 nitrogen and oxygen atoms in total. The second kappa shape index (κ2) is 7.02. The largest absolute Gasteiger partial charge is 0.379 e. The highest BCUT2D eigenvalue weighted by molar-refractivity contribution is 5.79. The van der Waals surface area contributed by atoms with Gasteiger partial charge in [-0.1, -0.05) is 30.3 Å². The Kier molecular flexibility index (Phi) is 4.85. The average Bonchev–Trinajstić information content (AvgIpc) is 2.56. The molecule has 0 aliphatic carbocycles. The molecule has 2 aliphatic heterocycles. The summed E-state index contributed by atoms with van der Waals surface area (Å²) in [6, 6.07) is 10.4. The van der Waals surface area contributed by atoms with Crippen LogP contribution < -0.4 is 5.32 Å². The van der Waals surface area contributed by atoms with Crippen LogP contribution in [0.25, 0.3) is 0 Å². The van der Waals surface area contributed by atoms with Crippen LogP contribution >= 0.6 is 0 Å². The molecule has 1 aromatic rings. The molecule has 0 spiro atoms. The Bertz CT molecular complexity index is 460. The van der Waals surface area contributed by atoms with E-state index in [1.165, 1.54) is 5.56 Å². The summed E-state index contributed by atoms with van der Waals surface area (Å²) in [5.41, 5.74) is 1.21. The summed E-state index contributed by atoms with van der Waals surface area (Å²) in [5.74, 6) is 0.229. The quantitative estimate of drug-likeness (QED) is 0.880. The molecule has 0 saturated carbocycles. The third-order valence-corrected chi connectivity index (χ3v) is 4.21. The maximum atomic E-state index is 12.7. The summed E-state index contributed by atoms with van der Waals surface area (Å²) in [5, 5.41) is 3.39. The molecule has 2 fully saturated rings. The van der Waals surface area contributed by atoms with Gasteiger partial charge in [-0.05, 0) is 5.56 Å². The van der Waals surface area contributed by atoms with Crippen molar-refractivity contribution in [2.24, 2.45) is 0 Å². The molecule has 21 heavy (non-hydrogen) atoms. The first-order chi connectivity index (χ1) is 10.3. The standard InChI is InChI=1S/C16H23N3O2/c20-16(13-18-8-10-21-11-9-18)19-7-6-17-12-15(19)14-4-2-1-3-5-14/h1-5,15,17H,6-13H2. The van der Waals surface area contributed by atoms with Crippen molar-refractivity contribution in [3.8, 4) is 0 Å². The number of carbonyl (C=O) groups is 1. The van der Waals surface area contributed by atoms with Crippen molar-refractivity contribution in [2.45, 2.75) is 6.04 Å². The summed E-state index contributed by atoms with van der Waals surface area (Å²) in [7, 11) is 0. The lowest BCUT2D eigenvalue weighted by atomic mass is 10.0. The maximum absolute atomic E-state index is 12.7. The van der Waals surface area contributed by atoms with Crippen molar-refractivity contribution >= 4 is 5.91 Å². The first kappa shape index (κ1) is 14.5. The molecule has 1 atom stereocenters. The highest BCUT2D eigenvalue weighted by Crippen LogP contribution is 2.22. The molecule has 3 rings (SSSR count). The minimum absolute atomic E-state index is 0.147. The van der Waals surface area contributed by atoms with E-state index in [0.29, 0.717) is 6.54 Å². The molecule has 5 heteroatoms. The third kappa shape index (κ3) is 3.61. The molecule has 2 saturated heterocycles. The van der Waals surface area contributed by atoms with Crippen LogP contribution in [0.5, 0.6) is 0 Å². The fraction of sp³-hybridized carbons (Fsp3) is 0.562. The van der Waals surface area contributed by atoms with Crippen LogP contribution in [-0.2, 0) is 9.53 Å². The lowest BCUT2D eigenvalue weighted by Crippen LogP contribution is -2.52. The van der Waals surface area contributed by atoms with Crippen molar-refractivity contribution < 1.29 is 9.53 Å². The molecule has 1 aromatic carbocycles. The van der Waals surface area contributed by atoms with Crippen LogP contribution in [-0.4, -0.2) is 68.2 Å². The zero-order valence-electron chi connectivity index (χ0n) is 12.3. The number of carbonyl (C=O) groups excluding carboxylic acids is 1. The van der Waals surface area contributed by atoms with E-state index in [4.69, 9.17) is 4.74 Å². The number of piperazine rings is 1. The molecule has 2 heterocycles. The summed E-state index contributed by atoms with van der Waals surface area (Å²) in [4.78, 5) is 16.9. The van der Waals surface area contributed by atoms with Crippen LogP contribution in [0.4, 0.5) is 0 Å². The fourth-order valence-electron chi connectivity index (χ4n) is 3.02. The first-order valence-corrected chi connectivity index (χ1v) is 7.70. The van der Waals surface area contributed by atoms with E-state index in [2.05, 4.69) is 22.3 Å². The van der Waals surface area contributed by atoms with Gasteiger partial charge < -0.3 is 15.0 Å². The topological polar surface area (TPSA) is 44.8 Å². The average molecular weight is 289 g/mol. The first-order valence-electron chi connectivity index (χ1n) is 7.70. The lowest BCUT2D eigenvalue weighted by Gasteiger charge is -2.38. The van der Waals surface area contributed by atoms with Gasteiger partial charge in [0, 0.05) is 32.7 Å². The van der Waals surface area contributed by atoms with Crippen LogP contribution in [0, 0.1) is 0 Å². The van der Waals surface area contributed by atoms with Crippen LogP contribution in [0.1, 0.15) is 11.6 Å². The van der Waals surface area contributed by atoms with Crippen LogP contribution in [0.2, 0.25) is 0 Å². The van der Waals surface area contributed by atoms with Gasteiger partial charge in [0.05, 0.1) is 25.8 Å². The molecule has 114 valence electrons. The van der Waals surface area contributed by atoms with Crippen molar-refractivity contribution in [1.82, 2.24) is 15.1 Å². The molecule has 0 bridgehead atoms. The summed E-state index contributed by atoms with van der Waals surface area (Å²) >= 11 is 0. The van der Waals surface area contributed by atoms with Gasteiger partial charge in [-0.25, -0.2) is 0 Å². The third-order valence-electron chi connectivity index (χ3n) is 4.21. The van der Waals surface area contributed by atoms with Gasteiger partial charge in [-0.3, -0.25) is 9.69 Å². The number of ether oxygens (including phenoxy) is 1. The van der Waals surface area contributed by atoms with Crippen LogP contribution in [0.15, 0.2) is 30.3 Å². The molecular weight excluding hydrogens is 266 g/mol. The predicted molar refractivity (Wildman–Crippen MR) is 81.0 cm³/mol. The maximum Gasteiger partial charge on any atom is 0.237 e. The number of nitrogens with zero attached hydrogens (tertiary/aromatic N) is 2. The van der Waals surface area contributed by atoms with Crippen molar-refractivity contribution in [2.75, 3.05) is 52.5 Å². The number of hydrogen-bond acceptors (Lipinski definition) is 4. The van der Waals surface area contributed by atoms with Crippen LogP contribution in [0.3, 0.4) is 0 Å². The number of benzene rings is 1. The molecule has 1 N–H and O–H groups in total. The number of morpholine rings is 1. The van der Waals surface area contributed by atoms with Gasteiger partial charge in [0.1, 0.15) is 0 Å². The Morgan fingerprint density at radius 1 is 1.19 bits per heavy atom. The molecule has 1 amide bonds. The van der Waals surface area contributed by atoms with Gasteiger partial charge in [0.2, 0.25) is 5.91 Å². The van der Waals surface area contributed by atoms with E-state index >= 15 is 0 Å². The monoisotopic (exact) mass is 289 g/mol. The van der Waals surface area contributed by atoms with Gasteiger partial charge in [0.15, 0.2) is 0 Å². The molecule has 2 aliphatic rings. The Labute approximate surface area is 125 Å². The van der Waals surface area contributed by atoms with Gasteiger partial charge in [0.25, 0.3) is 0 Å². The Morgan fingerprint density at radius 2 is 1.95 bits per heavy atom. The van der Waals surface area contributed by atoms with Crippen molar-refractivity contribution in [1.29, 1.82) is 0 Å². The normalized spacial score (nSPS) is 24.0. The van der Waals surface area contributed by atoms with E-state index in [-0.39, 0.29) is 11.9 Å². The highest BCUT2D eigenvalue weighted by atomic mass is 16.5. The molecule has 0 aromatic heterocycles. The summed E-state index contributed by atoms with van der Waals surface area (Å²) < 4.78 is 5.34. The second-order valence-electron chi connectivity index (χ2n) is 5.61. The van der Waals surface area contributed by atoms with Crippen molar-refractivity contribution in [3.05, 3.63) is 35.9 Å². The zero-order valence-corrected chi connectivity index (χ0v) is 12.3. The molecule has 1 unspecified atom stereocenters. The second-order valence-corrected chi connectivity index (χ2v) is 5.61. The van der Waals surface area contributed by atoms with Gasteiger partial charge in [-0.15, -0.1) is 0 Å². The predicted octanol–water partition coefficient (Wildman–Crippen LogP) is 0.492. The highest BCUT2D eigenvalue weighted by Gasteiger charge is 2.28. The van der Waals surface area contributed by atoms with E-state index in [1.807, 2.05) is 23.1 Å². The number of amides is 1. The fourth-order valence-corrected chi connectivity index (χ4v) is 3.02. The Balaban J connectivity index is 1.67. The molecular formula is C16H23N3O2. The Hall–Kier alpha value is -1.43. The smallest absolute Gasteiger partial charge is 0.237 e. The van der Waals surface area contributed by atoms with E-state index < -0.39 is 0 Å². The minimum Gasteiger partial charge on any atom is -0.379 e. The SMILES string of the molecule is O=C(CN1CCOCC1)N1CCNCC1c1ccccc1. The zero-order chi connectivity index (χ0) is 14.5. The van der Waals surface area contributed by atoms with E-state index in [0.717, 1.165) is 45.9 Å². The summed E-state index contributed by atoms with van der Waals surface area (Å²) in [6.45, 7) is 6.17. The number of nitrogens with one attached hydrogen (secondary N) is 1. The summed E-state index contributed by atoms with van der Waals surface area (Å²) in [6.07, 6.45) is 0. The van der Waals surface area contributed by atoms with Gasteiger partial charge >= 0.3 is 0 Å².